The monoisotopic (exact) mass is 421 g/mol. The summed E-state index contributed by atoms with van der Waals surface area (Å²) in [5.41, 5.74) is -3.80. The molecule has 1 N–H and O–H groups in total. The predicted octanol–water partition coefficient (Wildman–Crippen LogP) is 4.31. The largest absolute Gasteiger partial charge is 0.425 e. The summed E-state index contributed by atoms with van der Waals surface area (Å²) in [5, 5.41) is 10.6. The average molecular weight is 421 g/mol. The van der Waals surface area contributed by atoms with Gasteiger partial charge in [0, 0.05) is 7.05 Å². The van der Waals surface area contributed by atoms with Crippen molar-refractivity contribution in [1.29, 1.82) is 0 Å². The van der Waals surface area contributed by atoms with Gasteiger partial charge in [-0.1, -0.05) is 60.7 Å². The maximum atomic E-state index is 13.8. The maximum Gasteiger partial charge on any atom is 0.425 e. The Hall–Kier alpha value is -2.84. The van der Waals surface area contributed by atoms with Gasteiger partial charge in [0.05, 0.1) is 10.6 Å². The van der Waals surface area contributed by atoms with E-state index in [1.807, 2.05) is 0 Å². The number of sulfonamides is 1. The minimum absolute atomic E-state index is 0.0580. The number of halogens is 3. The van der Waals surface area contributed by atoms with Crippen LogP contribution in [0, 0.1) is 0 Å². The molecule has 0 amide bonds. The minimum atomic E-state index is -4.97. The first-order valence-electron chi connectivity index (χ1n) is 8.57. The van der Waals surface area contributed by atoms with E-state index in [1.165, 1.54) is 55.6 Å². The third-order valence-electron chi connectivity index (χ3n) is 4.65. The number of anilines is 1. The highest BCUT2D eigenvalue weighted by atomic mass is 32.2. The molecule has 0 radical (unpaired) electrons. The number of hydrogen-bond donors (Lipinski definition) is 1. The molecule has 0 aromatic heterocycles. The van der Waals surface area contributed by atoms with Gasteiger partial charge in [0.1, 0.15) is 0 Å². The summed E-state index contributed by atoms with van der Waals surface area (Å²) in [5.74, 6) is 0. The topological polar surface area (TPSA) is 57.6 Å². The standard InChI is InChI=1S/C21H18F3NO3S/c1-25(29(27,28)19-10-6-3-7-11-19)18-14-12-17(13-15-18)20(26,21(22,23)24)16-8-4-2-5-9-16/h2-15,26H,1H3. The predicted molar refractivity (Wildman–Crippen MR) is 104 cm³/mol. The van der Waals surface area contributed by atoms with Crippen molar-refractivity contribution >= 4 is 15.7 Å². The quantitative estimate of drug-likeness (QED) is 0.668. The van der Waals surface area contributed by atoms with Gasteiger partial charge in [0.2, 0.25) is 5.60 Å². The molecule has 3 rings (SSSR count). The molecule has 0 saturated carbocycles. The van der Waals surface area contributed by atoms with Crippen molar-refractivity contribution in [2.24, 2.45) is 0 Å². The Balaban J connectivity index is 2.01. The summed E-state index contributed by atoms with van der Waals surface area (Å²) in [6.07, 6.45) is -4.97. The molecule has 0 spiro atoms. The summed E-state index contributed by atoms with van der Waals surface area (Å²) in [6.45, 7) is 0. The molecule has 0 saturated heterocycles. The van der Waals surface area contributed by atoms with E-state index >= 15 is 0 Å². The third kappa shape index (κ3) is 3.73. The van der Waals surface area contributed by atoms with E-state index in [0.717, 1.165) is 16.4 Å². The van der Waals surface area contributed by atoms with Gasteiger partial charge in [-0.05, 0) is 35.4 Å². The number of benzene rings is 3. The van der Waals surface area contributed by atoms with Gasteiger partial charge in [-0.25, -0.2) is 8.42 Å². The van der Waals surface area contributed by atoms with Crippen LogP contribution in [-0.2, 0) is 15.6 Å². The van der Waals surface area contributed by atoms with Crippen molar-refractivity contribution in [2.45, 2.75) is 16.7 Å². The van der Waals surface area contributed by atoms with Crippen LogP contribution >= 0.6 is 0 Å². The zero-order valence-electron chi connectivity index (χ0n) is 15.3. The molecule has 0 heterocycles. The molecule has 0 fully saturated rings. The van der Waals surface area contributed by atoms with Gasteiger partial charge in [-0.2, -0.15) is 13.2 Å². The SMILES string of the molecule is CN(c1ccc(C(O)(c2ccccc2)C(F)(F)F)cc1)S(=O)(=O)c1ccccc1. The molecule has 29 heavy (non-hydrogen) atoms. The molecule has 3 aromatic carbocycles. The summed E-state index contributed by atoms with van der Waals surface area (Å²) in [7, 11) is -2.56. The van der Waals surface area contributed by atoms with Gasteiger partial charge >= 0.3 is 6.18 Å². The fourth-order valence-electron chi connectivity index (χ4n) is 2.98. The van der Waals surface area contributed by atoms with E-state index in [9.17, 15) is 26.7 Å². The van der Waals surface area contributed by atoms with Crippen molar-refractivity contribution in [3.8, 4) is 0 Å². The number of alkyl halides is 3. The van der Waals surface area contributed by atoms with Crippen molar-refractivity contribution in [3.63, 3.8) is 0 Å². The third-order valence-corrected chi connectivity index (χ3v) is 6.45. The minimum Gasteiger partial charge on any atom is -0.372 e. The van der Waals surface area contributed by atoms with Gasteiger partial charge in [0.25, 0.3) is 10.0 Å². The van der Waals surface area contributed by atoms with Crippen molar-refractivity contribution < 1.29 is 26.7 Å². The first kappa shape index (κ1) is 20.9. The van der Waals surface area contributed by atoms with Gasteiger partial charge < -0.3 is 5.11 Å². The normalized spacial score (nSPS) is 14.2. The highest BCUT2D eigenvalue weighted by Crippen LogP contribution is 2.44. The smallest absolute Gasteiger partial charge is 0.372 e. The van der Waals surface area contributed by atoms with Crippen molar-refractivity contribution in [2.75, 3.05) is 11.4 Å². The molecule has 8 heteroatoms. The Kier molecular flexibility index (Phi) is 5.42. The molecule has 4 nitrogen and oxygen atoms in total. The molecular formula is C21H18F3NO3S. The highest BCUT2D eigenvalue weighted by molar-refractivity contribution is 7.92. The van der Waals surface area contributed by atoms with Gasteiger partial charge in [0.15, 0.2) is 0 Å². The Morgan fingerprint density at radius 2 is 1.21 bits per heavy atom. The van der Waals surface area contributed by atoms with Crippen LogP contribution in [0.3, 0.4) is 0 Å². The highest BCUT2D eigenvalue weighted by Gasteiger charge is 2.56. The zero-order chi connectivity index (χ0) is 21.3. The fourth-order valence-corrected chi connectivity index (χ4v) is 4.19. The van der Waals surface area contributed by atoms with Crippen LogP contribution in [0.25, 0.3) is 0 Å². The molecule has 152 valence electrons. The number of nitrogens with zero attached hydrogens (tertiary/aromatic N) is 1. The van der Waals surface area contributed by atoms with Crippen LogP contribution in [0.15, 0.2) is 89.8 Å². The van der Waals surface area contributed by atoms with Gasteiger partial charge in [-0.3, -0.25) is 4.31 Å². The lowest BCUT2D eigenvalue weighted by atomic mass is 9.85. The first-order chi connectivity index (χ1) is 13.6. The van der Waals surface area contributed by atoms with E-state index < -0.39 is 27.4 Å². The molecular weight excluding hydrogens is 403 g/mol. The van der Waals surface area contributed by atoms with Crippen LogP contribution in [-0.4, -0.2) is 26.7 Å². The first-order valence-corrected chi connectivity index (χ1v) is 10.0. The maximum absolute atomic E-state index is 13.8. The summed E-state index contributed by atoms with van der Waals surface area (Å²) < 4.78 is 67.7. The Morgan fingerprint density at radius 1 is 0.759 bits per heavy atom. The second kappa shape index (κ2) is 7.53. The zero-order valence-corrected chi connectivity index (χ0v) is 16.2. The van der Waals surface area contributed by atoms with Crippen molar-refractivity contribution in [3.05, 3.63) is 96.1 Å². The molecule has 0 bridgehead atoms. The molecule has 0 aliphatic carbocycles. The fraction of sp³-hybridized carbons (Fsp3) is 0.143. The van der Waals surface area contributed by atoms with E-state index in [2.05, 4.69) is 0 Å². The van der Waals surface area contributed by atoms with E-state index in [0.29, 0.717) is 0 Å². The molecule has 0 aliphatic heterocycles. The average Bonchev–Trinajstić information content (AvgIpc) is 2.73. The molecule has 1 unspecified atom stereocenters. The van der Waals surface area contributed by atoms with Crippen LogP contribution in [0.1, 0.15) is 11.1 Å². The second-order valence-electron chi connectivity index (χ2n) is 6.41. The Labute approximate surface area is 166 Å². The number of rotatable bonds is 5. The second-order valence-corrected chi connectivity index (χ2v) is 8.38. The molecule has 3 aromatic rings. The Morgan fingerprint density at radius 3 is 1.69 bits per heavy atom. The lowest BCUT2D eigenvalue weighted by Crippen LogP contribution is -2.43. The summed E-state index contributed by atoms with van der Waals surface area (Å²) in [6, 6.07) is 19.0. The summed E-state index contributed by atoms with van der Waals surface area (Å²) >= 11 is 0. The van der Waals surface area contributed by atoms with Crippen LogP contribution in [0.4, 0.5) is 18.9 Å². The lowest BCUT2D eigenvalue weighted by molar-refractivity contribution is -0.248. The number of aliphatic hydroxyl groups is 1. The van der Waals surface area contributed by atoms with E-state index in [4.69, 9.17) is 0 Å². The van der Waals surface area contributed by atoms with E-state index in [-0.39, 0.29) is 16.1 Å². The van der Waals surface area contributed by atoms with Crippen molar-refractivity contribution in [1.82, 2.24) is 0 Å². The van der Waals surface area contributed by atoms with Crippen LogP contribution in [0.5, 0.6) is 0 Å². The Bertz CT molecular complexity index is 1070. The molecule has 1 atom stereocenters. The van der Waals surface area contributed by atoms with Crippen LogP contribution in [0.2, 0.25) is 0 Å². The number of hydrogen-bond acceptors (Lipinski definition) is 3. The lowest BCUT2D eigenvalue weighted by Gasteiger charge is -2.32. The van der Waals surface area contributed by atoms with E-state index in [1.54, 1.807) is 24.3 Å². The molecule has 0 aliphatic rings. The van der Waals surface area contributed by atoms with Gasteiger partial charge in [-0.15, -0.1) is 0 Å². The summed E-state index contributed by atoms with van der Waals surface area (Å²) in [4.78, 5) is 0.0580. The van der Waals surface area contributed by atoms with Crippen LogP contribution < -0.4 is 4.31 Å².